The van der Waals surface area contributed by atoms with E-state index in [1.54, 1.807) is 0 Å². The molecule has 0 rings (SSSR count). The SMILES string of the molecule is CCCCCCC(CC)(C(=O)OC(C)=O)C(O)(C(=O)O)C(CC)(CC)C(=O)O. The Labute approximate surface area is 166 Å². The maximum absolute atomic E-state index is 13.0. The van der Waals surface area contributed by atoms with Gasteiger partial charge in [-0.3, -0.25) is 14.4 Å². The zero-order chi connectivity index (χ0) is 22.2. The summed E-state index contributed by atoms with van der Waals surface area (Å²) in [4.78, 5) is 48.9. The molecular weight excluding hydrogens is 368 g/mol. The van der Waals surface area contributed by atoms with Gasteiger partial charge >= 0.3 is 23.9 Å². The van der Waals surface area contributed by atoms with Crippen LogP contribution in [0.4, 0.5) is 0 Å². The molecule has 0 saturated heterocycles. The predicted molar refractivity (Wildman–Crippen MR) is 101 cm³/mol. The lowest BCUT2D eigenvalue weighted by atomic mass is 9.53. The lowest BCUT2D eigenvalue weighted by Crippen LogP contribution is -2.69. The van der Waals surface area contributed by atoms with Gasteiger partial charge in [0.25, 0.3) is 0 Å². The normalized spacial score (nSPS) is 15.9. The Morgan fingerprint density at radius 2 is 1.29 bits per heavy atom. The first-order valence-electron chi connectivity index (χ1n) is 9.89. The van der Waals surface area contributed by atoms with E-state index in [-0.39, 0.29) is 25.7 Å². The van der Waals surface area contributed by atoms with E-state index in [1.807, 2.05) is 6.92 Å². The highest BCUT2D eigenvalue weighted by Gasteiger charge is 2.71. The van der Waals surface area contributed by atoms with Crippen LogP contribution in [0.3, 0.4) is 0 Å². The van der Waals surface area contributed by atoms with Crippen LogP contribution in [0.25, 0.3) is 0 Å². The average molecular weight is 402 g/mol. The number of ether oxygens (including phenoxy) is 1. The van der Waals surface area contributed by atoms with Crippen LogP contribution in [0.5, 0.6) is 0 Å². The summed E-state index contributed by atoms with van der Waals surface area (Å²) in [6.07, 6.45) is 2.04. The van der Waals surface area contributed by atoms with Crippen molar-refractivity contribution < 1.29 is 39.2 Å². The molecule has 0 aliphatic rings. The first-order chi connectivity index (χ1) is 13.0. The molecule has 0 radical (unpaired) electrons. The number of hydrogen-bond donors (Lipinski definition) is 3. The molecule has 0 aliphatic carbocycles. The third-order valence-corrected chi connectivity index (χ3v) is 6.00. The molecule has 0 aromatic carbocycles. The molecule has 0 fully saturated rings. The molecule has 0 aliphatic heterocycles. The molecular formula is C20H34O8. The Morgan fingerprint density at radius 3 is 1.61 bits per heavy atom. The van der Waals surface area contributed by atoms with Gasteiger partial charge in [-0.15, -0.1) is 0 Å². The van der Waals surface area contributed by atoms with Crippen molar-refractivity contribution in [3.63, 3.8) is 0 Å². The second-order valence-corrected chi connectivity index (χ2v) is 7.24. The molecule has 3 N–H and O–H groups in total. The van der Waals surface area contributed by atoms with Crippen LogP contribution in [0.1, 0.15) is 86.0 Å². The van der Waals surface area contributed by atoms with E-state index in [2.05, 4.69) is 0 Å². The number of carboxylic acid groups (broad SMARTS) is 2. The van der Waals surface area contributed by atoms with Crippen LogP contribution in [0.2, 0.25) is 0 Å². The lowest BCUT2D eigenvalue weighted by Gasteiger charge is -2.50. The number of aliphatic hydroxyl groups is 1. The summed E-state index contributed by atoms with van der Waals surface area (Å²) in [7, 11) is 0. The topological polar surface area (TPSA) is 138 Å². The number of carbonyl (C=O) groups is 4. The maximum atomic E-state index is 13.0. The summed E-state index contributed by atoms with van der Waals surface area (Å²) in [5.74, 6) is -5.46. The Bertz CT molecular complexity index is 581. The highest BCUT2D eigenvalue weighted by Crippen LogP contribution is 2.54. The molecule has 0 bridgehead atoms. The Balaban J connectivity index is 6.78. The van der Waals surface area contributed by atoms with Crippen LogP contribution in [0.15, 0.2) is 0 Å². The number of hydrogen-bond acceptors (Lipinski definition) is 6. The third-order valence-electron chi connectivity index (χ3n) is 6.00. The van der Waals surface area contributed by atoms with Crippen molar-refractivity contribution in [2.45, 2.75) is 91.6 Å². The van der Waals surface area contributed by atoms with Gasteiger partial charge in [0.05, 0.1) is 0 Å². The van der Waals surface area contributed by atoms with Gasteiger partial charge in [0, 0.05) is 6.92 Å². The van der Waals surface area contributed by atoms with Crippen molar-refractivity contribution in [1.29, 1.82) is 0 Å². The van der Waals surface area contributed by atoms with Crippen LogP contribution in [-0.2, 0) is 23.9 Å². The monoisotopic (exact) mass is 402 g/mol. The largest absolute Gasteiger partial charge is 0.481 e. The molecule has 2 atom stereocenters. The van der Waals surface area contributed by atoms with Gasteiger partial charge in [-0.05, 0) is 25.7 Å². The van der Waals surface area contributed by atoms with Crippen molar-refractivity contribution in [2.75, 3.05) is 0 Å². The third kappa shape index (κ3) is 4.37. The van der Waals surface area contributed by atoms with E-state index < -0.39 is 40.3 Å². The number of carbonyl (C=O) groups excluding carboxylic acids is 2. The predicted octanol–water partition coefficient (Wildman–Crippen LogP) is 3.15. The van der Waals surface area contributed by atoms with Gasteiger partial charge in [0.15, 0.2) is 5.60 Å². The van der Waals surface area contributed by atoms with E-state index in [0.717, 1.165) is 19.8 Å². The van der Waals surface area contributed by atoms with Crippen molar-refractivity contribution in [3.05, 3.63) is 0 Å². The van der Waals surface area contributed by atoms with E-state index in [0.29, 0.717) is 12.8 Å². The quantitative estimate of drug-likeness (QED) is 0.243. The molecule has 0 spiro atoms. The molecule has 28 heavy (non-hydrogen) atoms. The maximum Gasteiger partial charge on any atom is 0.338 e. The number of carboxylic acids is 2. The van der Waals surface area contributed by atoms with Gasteiger partial charge in [0.1, 0.15) is 10.8 Å². The molecule has 8 nitrogen and oxygen atoms in total. The van der Waals surface area contributed by atoms with Crippen LogP contribution in [-0.4, -0.2) is 44.8 Å². The van der Waals surface area contributed by atoms with Crippen molar-refractivity contribution >= 4 is 23.9 Å². The van der Waals surface area contributed by atoms with Crippen molar-refractivity contribution in [2.24, 2.45) is 10.8 Å². The molecule has 0 saturated carbocycles. The number of unbranched alkanes of at least 4 members (excludes halogenated alkanes) is 3. The van der Waals surface area contributed by atoms with E-state index in [4.69, 9.17) is 4.74 Å². The summed E-state index contributed by atoms with van der Waals surface area (Å²) in [6, 6.07) is 0. The second kappa shape index (κ2) is 10.5. The lowest BCUT2D eigenvalue weighted by molar-refractivity contribution is -0.226. The van der Waals surface area contributed by atoms with E-state index >= 15 is 0 Å². The fraction of sp³-hybridized carbons (Fsp3) is 0.800. The summed E-state index contributed by atoms with van der Waals surface area (Å²) >= 11 is 0. The van der Waals surface area contributed by atoms with Crippen molar-refractivity contribution in [1.82, 2.24) is 0 Å². The first-order valence-corrected chi connectivity index (χ1v) is 9.89. The minimum absolute atomic E-state index is 0.104. The minimum Gasteiger partial charge on any atom is -0.481 e. The van der Waals surface area contributed by atoms with E-state index in [1.165, 1.54) is 20.8 Å². The fourth-order valence-electron chi connectivity index (χ4n) is 4.18. The fourth-order valence-corrected chi connectivity index (χ4v) is 4.18. The number of aliphatic carboxylic acids is 2. The molecule has 0 amide bonds. The van der Waals surface area contributed by atoms with Gasteiger partial charge in [0.2, 0.25) is 0 Å². The average Bonchev–Trinajstić information content (AvgIpc) is 2.62. The molecule has 0 aromatic heterocycles. The van der Waals surface area contributed by atoms with Crippen LogP contribution < -0.4 is 0 Å². The summed E-state index contributed by atoms with van der Waals surface area (Å²) in [5, 5.41) is 31.5. The molecule has 2 unspecified atom stereocenters. The standard InChI is InChI=1S/C20H34O8/c1-6-10-11-12-13-19(9-4,17(26)28-14(5)21)20(27,16(24)25)18(7-2,8-3)15(22)23/h27H,6-13H2,1-5H3,(H,22,23)(H,24,25). The van der Waals surface area contributed by atoms with E-state index in [9.17, 15) is 34.5 Å². The molecule has 8 heteroatoms. The minimum atomic E-state index is -2.96. The smallest absolute Gasteiger partial charge is 0.338 e. The van der Waals surface area contributed by atoms with Gasteiger partial charge in [-0.2, -0.15) is 0 Å². The van der Waals surface area contributed by atoms with Crippen molar-refractivity contribution in [3.8, 4) is 0 Å². The Morgan fingerprint density at radius 1 is 0.786 bits per heavy atom. The van der Waals surface area contributed by atoms with Gasteiger partial charge in [-0.25, -0.2) is 4.79 Å². The van der Waals surface area contributed by atoms with Gasteiger partial charge in [-0.1, -0.05) is 53.4 Å². The zero-order valence-electron chi connectivity index (χ0n) is 17.5. The Hall–Kier alpha value is -1.96. The second-order valence-electron chi connectivity index (χ2n) is 7.24. The highest BCUT2D eigenvalue weighted by molar-refractivity contribution is 5.98. The summed E-state index contributed by atoms with van der Waals surface area (Å²) in [5.41, 5.74) is -7.17. The summed E-state index contributed by atoms with van der Waals surface area (Å²) < 4.78 is 4.73. The molecule has 162 valence electrons. The first kappa shape index (κ1) is 26.0. The van der Waals surface area contributed by atoms with Crippen LogP contribution >= 0.6 is 0 Å². The molecule has 0 heterocycles. The highest BCUT2D eigenvalue weighted by atomic mass is 16.6. The summed E-state index contributed by atoms with van der Waals surface area (Å²) in [6.45, 7) is 7.39. The Kier molecular flexibility index (Phi) is 9.81. The van der Waals surface area contributed by atoms with Gasteiger partial charge < -0.3 is 20.1 Å². The molecule has 0 aromatic rings. The number of esters is 2. The van der Waals surface area contributed by atoms with Crippen LogP contribution in [0, 0.1) is 10.8 Å². The number of rotatable bonds is 13. The zero-order valence-corrected chi connectivity index (χ0v) is 17.5.